The number of carbonyl (C=O) groups is 1. The Morgan fingerprint density at radius 3 is 2.64 bits per heavy atom. The van der Waals surface area contributed by atoms with Crippen LogP contribution >= 0.6 is 11.8 Å². The summed E-state index contributed by atoms with van der Waals surface area (Å²) in [5, 5.41) is 8.64. The molecule has 2 heterocycles. The van der Waals surface area contributed by atoms with Gasteiger partial charge in [0, 0.05) is 32.6 Å². The van der Waals surface area contributed by atoms with Crippen molar-refractivity contribution in [3.05, 3.63) is 41.8 Å². The maximum atomic E-state index is 12.2. The number of rotatable bonds is 6. The lowest BCUT2D eigenvalue weighted by Crippen LogP contribution is -2.47. The third-order valence-electron chi connectivity index (χ3n) is 4.47. The second kappa shape index (κ2) is 8.49. The molecule has 1 aliphatic heterocycles. The topological polar surface area (TPSA) is 62.5 Å². The van der Waals surface area contributed by atoms with E-state index in [4.69, 9.17) is 4.42 Å². The van der Waals surface area contributed by atoms with Crippen LogP contribution in [0.25, 0.3) is 0 Å². The van der Waals surface area contributed by atoms with Crippen molar-refractivity contribution >= 4 is 17.7 Å². The number of nitrogens with zero attached hydrogens (tertiary/aromatic N) is 4. The minimum atomic E-state index is 0.135. The minimum absolute atomic E-state index is 0.135. The fraction of sp³-hybridized carbons (Fsp3) is 0.500. The lowest BCUT2D eigenvalue weighted by atomic mass is 9.98. The smallest absolute Gasteiger partial charge is 0.277 e. The van der Waals surface area contributed by atoms with Gasteiger partial charge in [0.25, 0.3) is 5.22 Å². The molecule has 134 valence electrons. The van der Waals surface area contributed by atoms with E-state index in [-0.39, 0.29) is 5.91 Å². The number of aromatic nitrogens is 2. The number of piperazine rings is 1. The molecule has 1 atom stereocenters. The summed E-state index contributed by atoms with van der Waals surface area (Å²) in [5.41, 5.74) is 1.25. The van der Waals surface area contributed by atoms with Crippen LogP contribution in [0.4, 0.5) is 0 Å². The predicted octanol–water partition coefficient (Wildman–Crippen LogP) is 2.28. The van der Waals surface area contributed by atoms with Crippen LogP contribution in [-0.4, -0.2) is 64.9 Å². The van der Waals surface area contributed by atoms with Crippen LogP contribution in [0.2, 0.25) is 0 Å². The molecule has 1 saturated heterocycles. The van der Waals surface area contributed by atoms with Crippen molar-refractivity contribution in [2.45, 2.75) is 24.5 Å². The maximum Gasteiger partial charge on any atom is 0.277 e. The highest BCUT2D eigenvalue weighted by Gasteiger charge is 2.20. The molecule has 3 rings (SSSR count). The average Bonchev–Trinajstić information content (AvgIpc) is 3.08. The lowest BCUT2D eigenvalue weighted by Gasteiger charge is -2.32. The summed E-state index contributed by atoms with van der Waals surface area (Å²) in [4.78, 5) is 16.4. The van der Waals surface area contributed by atoms with Crippen molar-refractivity contribution in [3.8, 4) is 0 Å². The van der Waals surface area contributed by atoms with Gasteiger partial charge >= 0.3 is 0 Å². The first-order chi connectivity index (χ1) is 12.1. The number of carbonyl (C=O) groups excluding carboxylic acids is 1. The molecule has 0 radical (unpaired) electrons. The highest BCUT2D eigenvalue weighted by atomic mass is 32.2. The summed E-state index contributed by atoms with van der Waals surface area (Å²) in [6.45, 7) is 5.58. The Labute approximate surface area is 152 Å². The minimum Gasteiger partial charge on any atom is -0.416 e. The molecule has 1 aromatic heterocycles. The molecule has 0 spiro atoms. The molecule has 25 heavy (non-hydrogen) atoms. The first-order valence-electron chi connectivity index (χ1n) is 8.58. The molecule has 7 heteroatoms. The van der Waals surface area contributed by atoms with E-state index in [0.717, 1.165) is 26.2 Å². The lowest BCUT2D eigenvalue weighted by molar-refractivity contribution is -0.129. The van der Waals surface area contributed by atoms with Crippen molar-refractivity contribution in [3.63, 3.8) is 0 Å². The largest absolute Gasteiger partial charge is 0.416 e. The standard InChI is InChI=1S/C18H24N4O2S/c1-14(15-6-4-3-5-7-15)12-16-19-20-18(24-16)25-13-17(23)22-10-8-21(2)9-11-22/h3-7,14H,8-13H2,1-2H3. The summed E-state index contributed by atoms with van der Waals surface area (Å²) in [5.74, 6) is 1.41. The predicted molar refractivity (Wildman–Crippen MR) is 97.7 cm³/mol. The van der Waals surface area contributed by atoms with Crippen molar-refractivity contribution < 1.29 is 9.21 Å². The van der Waals surface area contributed by atoms with Gasteiger partial charge < -0.3 is 14.2 Å². The maximum absolute atomic E-state index is 12.2. The first kappa shape index (κ1) is 17.9. The van der Waals surface area contributed by atoms with Crippen LogP contribution < -0.4 is 0 Å². The molecule has 6 nitrogen and oxygen atoms in total. The molecular formula is C18H24N4O2S. The van der Waals surface area contributed by atoms with Crippen LogP contribution in [0.15, 0.2) is 40.0 Å². The zero-order valence-electron chi connectivity index (χ0n) is 14.7. The Morgan fingerprint density at radius 2 is 1.92 bits per heavy atom. The molecule has 2 aromatic rings. The van der Waals surface area contributed by atoms with Crippen LogP contribution in [-0.2, 0) is 11.2 Å². The molecule has 0 bridgehead atoms. The molecule has 0 N–H and O–H groups in total. The summed E-state index contributed by atoms with van der Waals surface area (Å²) < 4.78 is 5.69. The zero-order chi connectivity index (χ0) is 17.6. The Balaban J connectivity index is 1.47. The summed E-state index contributed by atoms with van der Waals surface area (Å²) in [6, 6.07) is 10.3. The Hall–Kier alpha value is -1.86. The van der Waals surface area contributed by atoms with Gasteiger partial charge in [-0.15, -0.1) is 10.2 Å². The van der Waals surface area contributed by atoms with Crippen molar-refractivity contribution in [1.82, 2.24) is 20.0 Å². The fourth-order valence-corrected chi connectivity index (χ4v) is 3.49. The van der Waals surface area contributed by atoms with E-state index in [2.05, 4.69) is 41.2 Å². The van der Waals surface area contributed by atoms with Crippen LogP contribution in [0.3, 0.4) is 0 Å². The fourth-order valence-electron chi connectivity index (χ4n) is 2.81. The Kier molecular flexibility index (Phi) is 6.09. The summed E-state index contributed by atoms with van der Waals surface area (Å²) in [6.07, 6.45) is 0.698. The quantitative estimate of drug-likeness (QED) is 0.737. The van der Waals surface area contributed by atoms with Gasteiger partial charge in [0.05, 0.1) is 5.75 Å². The second-order valence-electron chi connectivity index (χ2n) is 6.45. The van der Waals surface area contributed by atoms with Gasteiger partial charge in [-0.3, -0.25) is 4.79 Å². The number of hydrogen-bond acceptors (Lipinski definition) is 6. The van der Waals surface area contributed by atoms with E-state index in [0.29, 0.717) is 29.2 Å². The van der Waals surface area contributed by atoms with E-state index in [1.165, 1.54) is 17.3 Å². The van der Waals surface area contributed by atoms with E-state index in [1.54, 1.807) is 0 Å². The molecule has 1 amide bonds. The number of amides is 1. The summed E-state index contributed by atoms with van der Waals surface area (Å²) in [7, 11) is 2.08. The highest BCUT2D eigenvalue weighted by Crippen LogP contribution is 2.22. The number of thioether (sulfide) groups is 1. The van der Waals surface area contributed by atoms with E-state index < -0.39 is 0 Å². The summed E-state index contributed by atoms with van der Waals surface area (Å²) >= 11 is 1.32. The Morgan fingerprint density at radius 1 is 1.20 bits per heavy atom. The van der Waals surface area contributed by atoms with Crippen LogP contribution in [0.5, 0.6) is 0 Å². The zero-order valence-corrected chi connectivity index (χ0v) is 15.5. The molecule has 1 aliphatic rings. The van der Waals surface area contributed by atoms with Gasteiger partial charge in [-0.25, -0.2) is 0 Å². The van der Waals surface area contributed by atoms with Gasteiger partial charge in [-0.1, -0.05) is 49.0 Å². The van der Waals surface area contributed by atoms with Crippen LogP contribution in [0, 0.1) is 0 Å². The number of likely N-dealkylation sites (N-methyl/N-ethyl adjacent to an activating group) is 1. The van der Waals surface area contributed by atoms with E-state index in [9.17, 15) is 4.79 Å². The van der Waals surface area contributed by atoms with Crippen molar-refractivity contribution in [2.24, 2.45) is 0 Å². The molecule has 1 unspecified atom stereocenters. The molecule has 1 fully saturated rings. The van der Waals surface area contributed by atoms with Crippen molar-refractivity contribution in [2.75, 3.05) is 39.0 Å². The van der Waals surface area contributed by atoms with Gasteiger partial charge in [0.2, 0.25) is 11.8 Å². The molecule has 0 aliphatic carbocycles. The second-order valence-corrected chi connectivity index (χ2v) is 7.38. The van der Waals surface area contributed by atoms with Gasteiger partial charge in [-0.05, 0) is 18.5 Å². The van der Waals surface area contributed by atoms with E-state index in [1.807, 2.05) is 23.1 Å². The molecular weight excluding hydrogens is 336 g/mol. The van der Waals surface area contributed by atoms with Gasteiger partial charge in [-0.2, -0.15) is 0 Å². The molecule has 1 aromatic carbocycles. The van der Waals surface area contributed by atoms with Gasteiger partial charge in [0.15, 0.2) is 0 Å². The van der Waals surface area contributed by atoms with E-state index >= 15 is 0 Å². The number of benzene rings is 1. The molecule has 0 saturated carbocycles. The van der Waals surface area contributed by atoms with Crippen LogP contribution in [0.1, 0.15) is 24.3 Å². The normalized spacial score (nSPS) is 16.8. The van der Waals surface area contributed by atoms with Crippen molar-refractivity contribution in [1.29, 1.82) is 0 Å². The first-order valence-corrected chi connectivity index (χ1v) is 9.57. The third kappa shape index (κ3) is 5.06. The van der Waals surface area contributed by atoms with Gasteiger partial charge in [0.1, 0.15) is 0 Å². The average molecular weight is 360 g/mol. The number of hydrogen-bond donors (Lipinski definition) is 0. The highest BCUT2D eigenvalue weighted by molar-refractivity contribution is 7.99. The monoisotopic (exact) mass is 360 g/mol. The SMILES string of the molecule is CC(Cc1nnc(SCC(=O)N2CCN(C)CC2)o1)c1ccccc1. The third-order valence-corrected chi connectivity index (χ3v) is 5.28. The Bertz CT molecular complexity index is 683.